The van der Waals surface area contributed by atoms with Crippen molar-refractivity contribution in [3.63, 3.8) is 0 Å². The Hall–Kier alpha value is -2.75. The van der Waals surface area contributed by atoms with Crippen molar-refractivity contribution in [2.75, 3.05) is 0 Å². The standard InChI is InChI=1S/C25H34N4/c1-6-10-20(8-3)16-21(9-4)24-14-15-26-18-25(29-24)28-23(11-7-2)22-13-12-19(5)27-17-22/h6,9-10,12-13,15-18,23,28H,7-8,11,14H2,1-5H3/b10-6-,20-16-,21-9+. The van der Waals surface area contributed by atoms with Gasteiger partial charge in [0.2, 0.25) is 0 Å². The van der Waals surface area contributed by atoms with Crippen LogP contribution in [0.3, 0.4) is 0 Å². The molecule has 2 heterocycles. The summed E-state index contributed by atoms with van der Waals surface area (Å²) in [6.45, 7) is 10.5. The second kappa shape index (κ2) is 11.9. The zero-order valence-corrected chi connectivity index (χ0v) is 18.4. The summed E-state index contributed by atoms with van der Waals surface area (Å²) in [5.74, 6) is 0.796. The summed E-state index contributed by atoms with van der Waals surface area (Å²) in [6.07, 6.45) is 18.1. The average molecular weight is 391 g/mol. The lowest BCUT2D eigenvalue weighted by Gasteiger charge is -2.20. The molecule has 1 aliphatic heterocycles. The monoisotopic (exact) mass is 390 g/mol. The van der Waals surface area contributed by atoms with Gasteiger partial charge >= 0.3 is 0 Å². The molecule has 4 heteroatoms. The van der Waals surface area contributed by atoms with Crippen molar-refractivity contribution in [1.82, 2.24) is 10.3 Å². The Morgan fingerprint density at radius 3 is 2.69 bits per heavy atom. The number of nitrogens with one attached hydrogen (secondary N) is 1. The van der Waals surface area contributed by atoms with Crippen molar-refractivity contribution in [3.05, 3.63) is 77.1 Å². The van der Waals surface area contributed by atoms with E-state index in [1.807, 2.05) is 32.5 Å². The van der Waals surface area contributed by atoms with Gasteiger partial charge in [-0.2, -0.15) is 0 Å². The van der Waals surface area contributed by atoms with E-state index < -0.39 is 0 Å². The van der Waals surface area contributed by atoms with Crippen LogP contribution < -0.4 is 5.32 Å². The van der Waals surface area contributed by atoms with E-state index >= 15 is 0 Å². The van der Waals surface area contributed by atoms with Gasteiger partial charge in [-0.1, -0.05) is 50.6 Å². The van der Waals surface area contributed by atoms with E-state index in [0.717, 1.165) is 48.5 Å². The van der Waals surface area contributed by atoms with Crippen molar-refractivity contribution < 1.29 is 0 Å². The lowest BCUT2D eigenvalue weighted by atomic mass is 10.0. The highest BCUT2D eigenvalue weighted by atomic mass is 15.1. The molecule has 1 aromatic rings. The highest BCUT2D eigenvalue weighted by molar-refractivity contribution is 6.09. The number of hydrogen-bond donors (Lipinski definition) is 1. The van der Waals surface area contributed by atoms with E-state index in [1.54, 1.807) is 0 Å². The lowest BCUT2D eigenvalue weighted by Crippen LogP contribution is -2.21. The van der Waals surface area contributed by atoms with E-state index in [4.69, 9.17) is 4.99 Å². The van der Waals surface area contributed by atoms with Crippen LogP contribution in [0, 0.1) is 6.92 Å². The first-order valence-electron chi connectivity index (χ1n) is 10.6. The molecular weight excluding hydrogens is 356 g/mol. The van der Waals surface area contributed by atoms with Gasteiger partial charge in [0, 0.05) is 24.5 Å². The van der Waals surface area contributed by atoms with Crippen LogP contribution in [0.4, 0.5) is 0 Å². The van der Waals surface area contributed by atoms with Crippen LogP contribution in [0.2, 0.25) is 0 Å². The average Bonchev–Trinajstić information content (AvgIpc) is 2.97. The number of rotatable bonds is 9. The van der Waals surface area contributed by atoms with Crippen molar-refractivity contribution in [2.24, 2.45) is 9.98 Å². The molecule has 0 spiro atoms. The van der Waals surface area contributed by atoms with Crippen LogP contribution in [0.1, 0.15) is 70.7 Å². The van der Waals surface area contributed by atoms with Gasteiger partial charge in [0.25, 0.3) is 0 Å². The first kappa shape index (κ1) is 22.5. The van der Waals surface area contributed by atoms with Crippen LogP contribution in [0.5, 0.6) is 0 Å². The Morgan fingerprint density at radius 1 is 1.24 bits per heavy atom. The van der Waals surface area contributed by atoms with Crippen molar-refractivity contribution in [1.29, 1.82) is 0 Å². The molecule has 154 valence electrons. The maximum Gasteiger partial charge on any atom is 0.145 e. The van der Waals surface area contributed by atoms with Gasteiger partial charge in [0.15, 0.2) is 0 Å². The minimum absolute atomic E-state index is 0.163. The molecule has 0 aromatic carbocycles. The largest absolute Gasteiger partial charge is 0.362 e. The molecule has 0 bridgehead atoms. The minimum Gasteiger partial charge on any atom is -0.362 e. The van der Waals surface area contributed by atoms with Crippen LogP contribution in [0.25, 0.3) is 0 Å². The second-order valence-electron chi connectivity index (χ2n) is 7.14. The van der Waals surface area contributed by atoms with E-state index in [1.165, 1.54) is 11.1 Å². The van der Waals surface area contributed by atoms with Crippen molar-refractivity contribution in [3.8, 4) is 0 Å². The van der Waals surface area contributed by atoms with Gasteiger partial charge < -0.3 is 5.32 Å². The number of nitrogens with zero attached hydrogens (tertiary/aromatic N) is 3. The topological polar surface area (TPSA) is 49.6 Å². The number of allylic oxidation sites excluding steroid dienone is 6. The first-order valence-corrected chi connectivity index (χ1v) is 10.6. The highest BCUT2D eigenvalue weighted by Crippen LogP contribution is 2.21. The number of aliphatic imine (C=N–C) groups is 2. The zero-order valence-electron chi connectivity index (χ0n) is 18.4. The molecule has 1 unspecified atom stereocenters. The minimum atomic E-state index is 0.163. The van der Waals surface area contributed by atoms with Crippen LogP contribution in [-0.2, 0) is 0 Å². The molecule has 4 nitrogen and oxygen atoms in total. The van der Waals surface area contributed by atoms with Crippen molar-refractivity contribution >= 4 is 11.9 Å². The number of hydrogen-bond acceptors (Lipinski definition) is 4. The molecule has 0 aliphatic carbocycles. The maximum atomic E-state index is 4.94. The smallest absolute Gasteiger partial charge is 0.145 e. The quantitative estimate of drug-likeness (QED) is 0.496. The molecule has 0 saturated carbocycles. The first-order chi connectivity index (χ1) is 14.1. The van der Waals surface area contributed by atoms with E-state index in [0.29, 0.717) is 0 Å². The molecule has 1 aromatic heterocycles. The summed E-state index contributed by atoms with van der Waals surface area (Å²) in [5, 5.41) is 3.59. The van der Waals surface area contributed by atoms with Crippen LogP contribution in [0.15, 0.2) is 75.8 Å². The summed E-state index contributed by atoms with van der Waals surface area (Å²) in [5.41, 5.74) is 5.67. The van der Waals surface area contributed by atoms with Crippen molar-refractivity contribution in [2.45, 2.75) is 66.3 Å². The van der Waals surface area contributed by atoms with Gasteiger partial charge in [-0.25, -0.2) is 4.99 Å². The molecule has 0 radical (unpaired) electrons. The Kier molecular flexibility index (Phi) is 9.29. The van der Waals surface area contributed by atoms with Gasteiger partial charge in [0.05, 0.1) is 18.0 Å². The van der Waals surface area contributed by atoms with Gasteiger partial charge in [-0.15, -0.1) is 0 Å². The van der Waals surface area contributed by atoms with E-state index in [9.17, 15) is 0 Å². The summed E-state index contributed by atoms with van der Waals surface area (Å²) in [7, 11) is 0. The van der Waals surface area contributed by atoms with E-state index in [2.05, 4.69) is 72.5 Å². The Labute approximate surface area is 176 Å². The van der Waals surface area contributed by atoms with E-state index in [-0.39, 0.29) is 6.04 Å². The van der Waals surface area contributed by atoms with Crippen LogP contribution >= 0.6 is 0 Å². The molecule has 0 saturated heterocycles. The highest BCUT2D eigenvalue weighted by Gasteiger charge is 2.14. The maximum absolute atomic E-state index is 4.94. The summed E-state index contributed by atoms with van der Waals surface area (Å²) < 4.78 is 0. The fourth-order valence-electron chi connectivity index (χ4n) is 3.22. The number of aromatic nitrogens is 1. The second-order valence-corrected chi connectivity index (χ2v) is 7.14. The molecule has 0 fully saturated rings. The number of pyridine rings is 1. The fourth-order valence-corrected chi connectivity index (χ4v) is 3.22. The van der Waals surface area contributed by atoms with Gasteiger partial charge in [0.1, 0.15) is 5.82 Å². The van der Waals surface area contributed by atoms with Gasteiger partial charge in [-0.05, 0) is 56.4 Å². The SMILES string of the molecule is C\C=C/C(=C\C(=C/C)C1=NC(NC(CCC)c2ccc(C)nc2)=CN=CC1)CC. The van der Waals surface area contributed by atoms with Gasteiger partial charge in [-0.3, -0.25) is 9.98 Å². The molecule has 1 aliphatic rings. The normalized spacial score (nSPS) is 16.4. The Balaban J connectivity index is 2.30. The Morgan fingerprint density at radius 2 is 2.07 bits per heavy atom. The molecule has 0 amide bonds. The predicted molar refractivity (Wildman–Crippen MR) is 125 cm³/mol. The molecule has 2 rings (SSSR count). The third-order valence-electron chi connectivity index (χ3n) is 4.85. The predicted octanol–water partition coefficient (Wildman–Crippen LogP) is 6.39. The fraction of sp³-hybridized carbons (Fsp3) is 0.400. The third-order valence-corrected chi connectivity index (χ3v) is 4.85. The number of aryl methyl sites for hydroxylation is 1. The van der Waals surface area contributed by atoms with Crippen LogP contribution in [-0.4, -0.2) is 16.9 Å². The molecule has 1 N–H and O–H groups in total. The molecule has 29 heavy (non-hydrogen) atoms. The zero-order chi connectivity index (χ0) is 21.1. The summed E-state index contributed by atoms with van der Waals surface area (Å²) in [4.78, 5) is 13.8. The lowest BCUT2D eigenvalue weighted by molar-refractivity contribution is 0.539. The summed E-state index contributed by atoms with van der Waals surface area (Å²) >= 11 is 0. The Bertz CT molecular complexity index is 836. The summed E-state index contributed by atoms with van der Waals surface area (Å²) in [6, 6.07) is 4.37. The molecular formula is C25H34N4. The molecule has 1 atom stereocenters. The third kappa shape index (κ3) is 6.97.